The number of nitrogens with one attached hydrogen (secondary N) is 2. The van der Waals surface area contributed by atoms with Crippen LogP contribution in [0.15, 0.2) is 51.9 Å². The van der Waals surface area contributed by atoms with E-state index in [4.69, 9.17) is 9.26 Å². The van der Waals surface area contributed by atoms with Crippen LogP contribution >= 0.6 is 0 Å². The van der Waals surface area contributed by atoms with Gasteiger partial charge in [-0.3, -0.25) is 9.52 Å². The molecule has 3 atom stereocenters. The average molecular weight is 618 g/mol. The molecule has 2 aromatic carbocycles. The fraction of sp³-hybridized carbons (Fsp3) is 0.414. The number of fused-ring (bicyclic) bond motifs is 1. The highest BCUT2D eigenvalue weighted by Gasteiger charge is 2.32. The first kappa shape index (κ1) is 31.8. The largest absolute Gasteiger partial charge is 0.488 e. The van der Waals surface area contributed by atoms with Crippen molar-refractivity contribution in [3.05, 3.63) is 65.3 Å². The van der Waals surface area contributed by atoms with Gasteiger partial charge < -0.3 is 29.5 Å². The summed E-state index contributed by atoms with van der Waals surface area (Å²) >= 11 is 0. The molecule has 1 aromatic heterocycles. The normalized spacial score (nSPS) is 18.0. The van der Waals surface area contributed by atoms with Crippen molar-refractivity contribution in [3.63, 3.8) is 0 Å². The van der Waals surface area contributed by atoms with Crippen molar-refractivity contribution in [1.29, 1.82) is 0 Å². The average Bonchev–Trinajstić information content (AvgIpc) is 3.29. The first-order valence-electron chi connectivity index (χ1n) is 13.7. The van der Waals surface area contributed by atoms with E-state index in [1.807, 2.05) is 6.92 Å². The summed E-state index contributed by atoms with van der Waals surface area (Å²) in [6.07, 6.45) is -0.701. The molecule has 0 aliphatic carbocycles. The summed E-state index contributed by atoms with van der Waals surface area (Å²) in [5, 5.41) is 16.5. The van der Waals surface area contributed by atoms with Crippen molar-refractivity contribution in [3.8, 4) is 5.75 Å². The second-order valence-corrected chi connectivity index (χ2v) is 12.5. The number of hydrogen-bond donors (Lipinski definition) is 3. The molecule has 43 heavy (non-hydrogen) atoms. The predicted molar refractivity (Wildman–Crippen MR) is 157 cm³/mol. The van der Waals surface area contributed by atoms with Crippen molar-refractivity contribution >= 4 is 33.3 Å². The fourth-order valence-electron chi connectivity index (χ4n) is 4.76. The molecule has 12 nitrogen and oxygen atoms in total. The van der Waals surface area contributed by atoms with Crippen LogP contribution in [0.25, 0.3) is 0 Å². The minimum atomic E-state index is -4.04. The summed E-state index contributed by atoms with van der Waals surface area (Å²) in [5.41, 5.74) is 1.62. The van der Waals surface area contributed by atoms with E-state index >= 15 is 0 Å². The third kappa shape index (κ3) is 7.43. The van der Waals surface area contributed by atoms with E-state index in [2.05, 4.69) is 15.2 Å². The van der Waals surface area contributed by atoms with Gasteiger partial charge in [-0.15, -0.1) is 0 Å². The van der Waals surface area contributed by atoms with E-state index in [9.17, 15) is 27.5 Å². The Morgan fingerprint density at radius 1 is 1.23 bits per heavy atom. The molecule has 0 unspecified atom stereocenters. The van der Waals surface area contributed by atoms with Gasteiger partial charge in [-0.05, 0) is 63.2 Å². The zero-order chi connectivity index (χ0) is 31.5. The highest BCUT2D eigenvalue weighted by molar-refractivity contribution is 7.92. The second-order valence-electron chi connectivity index (χ2n) is 10.8. The molecule has 1 aliphatic heterocycles. The summed E-state index contributed by atoms with van der Waals surface area (Å²) in [5.74, 6) is -0.285. The molecule has 232 valence electrons. The van der Waals surface area contributed by atoms with Gasteiger partial charge in [-0.2, -0.15) is 0 Å². The first-order chi connectivity index (χ1) is 20.3. The van der Waals surface area contributed by atoms with Crippen LogP contribution in [0.4, 0.5) is 20.6 Å². The van der Waals surface area contributed by atoms with Crippen LogP contribution in [-0.2, 0) is 21.2 Å². The van der Waals surface area contributed by atoms with E-state index in [1.165, 1.54) is 17.0 Å². The topological polar surface area (TPSA) is 154 Å². The van der Waals surface area contributed by atoms with E-state index in [0.717, 1.165) is 24.3 Å². The van der Waals surface area contributed by atoms with E-state index in [-0.39, 0.29) is 48.5 Å². The number of likely N-dealkylation sites (N-methyl/N-ethyl adjacent to an activating group) is 1. The molecule has 4 rings (SSSR count). The number of hydrogen-bond acceptors (Lipinski definition) is 8. The van der Waals surface area contributed by atoms with Crippen LogP contribution in [0.3, 0.4) is 0 Å². The lowest BCUT2D eigenvalue weighted by molar-refractivity contribution is -0.134. The van der Waals surface area contributed by atoms with Crippen LogP contribution in [0.2, 0.25) is 0 Å². The lowest BCUT2D eigenvalue weighted by atomic mass is 10.0. The fourth-order valence-corrected chi connectivity index (χ4v) is 5.80. The summed E-state index contributed by atoms with van der Waals surface area (Å²) in [6.45, 7) is 7.18. The Balaban J connectivity index is 1.62. The van der Waals surface area contributed by atoms with Gasteiger partial charge in [0.1, 0.15) is 29.1 Å². The lowest BCUT2D eigenvalue weighted by Crippen LogP contribution is -2.48. The predicted octanol–water partition coefficient (Wildman–Crippen LogP) is 3.54. The number of carbonyl (C=O) groups is 2. The molecular weight excluding hydrogens is 581 g/mol. The van der Waals surface area contributed by atoms with Gasteiger partial charge in [0.25, 0.3) is 10.0 Å². The molecule has 0 fully saturated rings. The number of aliphatic hydroxyl groups is 1. The highest BCUT2D eigenvalue weighted by Crippen LogP contribution is 2.30. The van der Waals surface area contributed by atoms with Crippen molar-refractivity contribution < 1.29 is 36.8 Å². The number of nitrogens with zero attached hydrogens (tertiary/aromatic N) is 3. The number of ether oxygens (including phenoxy) is 1. The quantitative estimate of drug-likeness (QED) is 0.347. The molecule has 0 bridgehead atoms. The molecule has 0 radical (unpaired) electrons. The van der Waals surface area contributed by atoms with Crippen molar-refractivity contribution in [1.82, 2.24) is 15.0 Å². The number of anilines is 2. The SMILES string of the molecule is Cc1noc(C)c1NC(=O)N(C)C[C@H]1Oc2ccc(NS(=O)(=O)c3ccc(F)cc3)cc2CC(=O)N([C@H](C)CO)C[C@@H]1C. The van der Waals surface area contributed by atoms with Crippen LogP contribution < -0.4 is 14.8 Å². The maximum absolute atomic E-state index is 13.5. The molecule has 3 amide bonds. The number of aromatic nitrogens is 1. The summed E-state index contributed by atoms with van der Waals surface area (Å²) < 4.78 is 53.2. The number of aryl methyl sites for hydroxylation is 2. The third-order valence-electron chi connectivity index (χ3n) is 7.36. The standard InChI is InChI=1S/C29H36FN5O7S/c1-17-14-35(18(2)16-36)27(37)13-21-12-23(33-43(39,40)24-9-6-22(30)7-10-24)8-11-25(21)41-26(17)15-34(5)29(38)31-28-19(3)32-42-20(28)4/h6-12,17-18,26,33,36H,13-16H2,1-5H3,(H,31,38)/t17-,18+,26+/m0/s1. The Bertz CT molecular complexity index is 1560. The van der Waals surface area contributed by atoms with Crippen molar-refractivity contribution in [2.24, 2.45) is 5.92 Å². The number of benzene rings is 2. The zero-order valence-corrected chi connectivity index (χ0v) is 25.4. The van der Waals surface area contributed by atoms with Crippen LogP contribution in [0.5, 0.6) is 5.75 Å². The lowest BCUT2D eigenvalue weighted by Gasteiger charge is -2.34. The van der Waals surface area contributed by atoms with Gasteiger partial charge in [0, 0.05) is 30.8 Å². The van der Waals surface area contributed by atoms with Gasteiger partial charge in [0.2, 0.25) is 5.91 Å². The maximum atomic E-state index is 13.5. The first-order valence-corrected chi connectivity index (χ1v) is 15.2. The van der Waals surface area contributed by atoms with E-state index in [0.29, 0.717) is 28.5 Å². The Labute approximate surface area is 249 Å². The van der Waals surface area contributed by atoms with Crippen LogP contribution in [-0.4, -0.2) is 79.3 Å². The number of urea groups is 1. The minimum absolute atomic E-state index is 0.117. The molecule has 1 aliphatic rings. The molecule has 3 aromatic rings. The number of carbonyl (C=O) groups excluding carboxylic acids is 2. The third-order valence-corrected chi connectivity index (χ3v) is 8.76. The van der Waals surface area contributed by atoms with Crippen LogP contribution in [0.1, 0.15) is 30.9 Å². The Morgan fingerprint density at radius 2 is 1.93 bits per heavy atom. The zero-order valence-electron chi connectivity index (χ0n) is 24.6. The summed E-state index contributed by atoms with van der Waals surface area (Å²) in [6, 6.07) is 8.10. The number of halogens is 1. The summed E-state index contributed by atoms with van der Waals surface area (Å²) in [4.78, 5) is 29.4. The van der Waals surface area contributed by atoms with Crippen LogP contribution in [0, 0.1) is 25.6 Å². The number of amides is 3. The molecule has 0 saturated heterocycles. The molecule has 0 saturated carbocycles. The van der Waals surface area contributed by atoms with E-state index < -0.39 is 34.0 Å². The van der Waals surface area contributed by atoms with Gasteiger partial charge in [0.05, 0.1) is 30.5 Å². The van der Waals surface area contributed by atoms with Crippen molar-refractivity contribution in [2.45, 2.75) is 51.2 Å². The molecule has 0 spiro atoms. The second kappa shape index (κ2) is 13.0. The smallest absolute Gasteiger partial charge is 0.321 e. The molecular formula is C29H36FN5O7S. The molecule has 2 heterocycles. The maximum Gasteiger partial charge on any atom is 0.321 e. The monoisotopic (exact) mass is 617 g/mol. The summed E-state index contributed by atoms with van der Waals surface area (Å²) in [7, 11) is -2.43. The van der Waals surface area contributed by atoms with Gasteiger partial charge in [-0.1, -0.05) is 12.1 Å². The Morgan fingerprint density at radius 3 is 2.56 bits per heavy atom. The number of rotatable bonds is 8. The Hall–Kier alpha value is -4.17. The van der Waals surface area contributed by atoms with Gasteiger partial charge >= 0.3 is 6.03 Å². The van der Waals surface area contributed by atoms with Gasteiger partial charge in [-0.25, -0.2) is 17.6 Å². The van der Waals surface area contributed by atoms with Gasteiger partial charge in [0.15, 0.2) is 5.76 Å². The minimum Gasteiger partial charge on any atom is -0.488 e. The molecule has 3 N–H and O–H groups in total. The highest BCUT2D eigenvalue weighted by atomic mass is 32.2. The Kier molecular flexibility index (Phi) is 9.60. The van der Waals surface area contributed by atoms with E-state index in [1.54, 1.807) is 38.8 Å². The van der Waals surface area contributed by atoms with Crippen molar-refractivity contribution in [2.75, 3.05) is 36.8 Å². The number of aliphatic hydroxyl groups excluding tert-OH is 1. The molecule has 14 heteroatoms. The number of sulfonamides is 1.